The van der Waals surface area contributed by atoms with Gasteiger partial charge in [0, 0.05) is 5.57 Å². The second kappa shape index (κ2) is 18.8. The maximum Gasteiger partial charge on any atom is 0.333 e. The lowest BCUT2D eigenvalue weighted by Crippen LogP contribution is -2.27. The van der Waals surface area contributed by atoms with E-state index in [4.69, 9.17) is 19.3 Å². The molecule has 0 heterocycles. The lowest BCUT2D eigenvalue weighted by atomic mass is 9.91. The van der Waals surface area contributed by atoms with Crippen molar-refractivity contribution in [3.63, 3.8) is 0 Å². The molecule has 0 atom stereocenters. The lowest BCUT2D eigenvalue weighted by Gasteiger charge is -2.20. The van der Waals surface area contributed by atoms with E-state index in [0.717, 1.165) is 12.8 Å². The van der Waals surface area contributed by atoms with E-state index in [-0.39, 0.29) is 49.8 Å². The molecule has 0 rings (SSSR count). The molecule has 36 heavy (non-hydrogen) atoms. The van der Waals surface area contributed by atoms with E-state index in [0.29, 0.717) is 12.0 Å². The van der Waals surface area contributed by atoms with Crippen LogP contribution in [0.1, 0.15) is 88.5 Å². The normalized spacial score (nSPS) is 11.0. The van der Waals surface area contributed by atoms with E-state index in [9.17, 15) is 19.2 Å². The summed E-state index contributed by atoms with van der Waals surface area (Å²) in [6.45, 7) is 22.0. The van der Waals surface area contributed by atoms with Crippen molar-refractivity contribution in [1.29, 1.82) is 0 Å². The summed E-state index contributed by atoms with van der Waals surface area (Å²) in [6, 6.07) is 0. The highest BCUT2D eigenvalue weighted by molar-refractivity contribution is 5.86. The number of aliphatic hydroxyl groups is 1. The van der Waals surface area contributed by atoms with E-state index in [2.05, 4.69) is 11.3 Å². The topological polar surface area (TPSA) is 125 Å². The summed E-state index contributed by atoms with van der Waals surface area (Å²) in [5.41, 5.74) is -0.886. The van der Waals surface area contributed by atoms with Crippen molar-refractivity contribution in [3.8, 4) is 0 Å². The predicted octanol–water partition coefficient (Wildman–Crippen LogP) is 4.64. The molecule has 9 nitrogen and oxygen atoms in total. The molecule has 1 N–H and O–H groups in total. The second-order valence-electron chi connectivity index (χ2n) is 10.1. The fourth-order valence-corrected chi connectivity index (χ4v) is 1.63. The summed E-state index contributed by atoms with van der Waals surface area (Å²) in [6.07, 6.45) is 2.27. The number of esters is 4. The van der Waals surface area contributed by atoms with Gasteiger partial charge in [-0.25, -0.2) is 4.79 Å². The fourth-order valence-electron chi connectivity index (χ4n) is 1.63. The Kier molecular flexibility index (Phi) is 19.9. The predicted molar refractivity (Wildman–Crippen MR) is 139 cm³/mol. The number of ether oxygens (including phenoxy) is 4. The van der Waals surface area contributed by atoms with Gasteiger partial charge >= 0.3 is 23.9 Å². The van der Waals surface area contributed by atoms with Crippen molar-refractivity contribution >= 4 is 23.9 Å². The van der Waals surface area contributed by atoms with E-state index in [1.54, 1.807) is 6.92 Å². The van der Waals surface area contributed by atoms with Crippen molar-refractivity contribution in [2.24, 2.45) is 16.2 Å². The van der Waals surface area contributed by atoms with Gasteiger partial charge in [0.1, 0.15) is 19.8 Å². The first-order chi connectivity index (χ1) is 16.4. The molecule has 0 fully saturated rings. The van der Waals surface area contributed by atoms with Crippen LogP contribution in [0.3, 0.4) is 0 Å². The van der Waals surface area contributed by atoms with E-state index < -0.39 is 16.8 Å². The quantitative estimate of drug-likeness (QED) is 0.170. The number of rotatable bonds is 12. The van der Waals surface area contributed by atoms with Crippen LogP contribution in [0.2, 0.25) is 0 Å². The zero-order valence-electron chi connectivity index (χ0n) is 24.4. The standard InChI is InChI=1S/C12H20O4.C8H16O3.C7H14O2/c1-6-12(4,5)11(14)16-8-7-15-10(13)9(2)3;1-4-8(2,3)7(10)11-6-5-9;1-5-7(2,3)6(8)9-4/h2,6-8H2,1,3-5H3;9H,4-6H2,1-3H3;5H2,1-4H3. The van der Waals surface area contributed by atoms with Crippen LogP contribution < -0.4 is 0 Å². The van der Waals surface area contributed by atoms with Crippen molar-refractivity contribution in [2.45, 2.75) is 88.5 Å². The van der Waals surface area contributed by atoms with Crippen LogP contribution >= 0.6 is 0 Å². The molecule has 0 bridgehead atoms. The molecule has 9 heteroatoms. The van der Waals surface area contributed by atoms with Crippen LogP contribution in [0.5, 0.6) is 0 Å². The van der Waals surface area contributed by atoms with E-state index in [1.807, 2.05) is 62.3 Å². The molecular weight excluding hydrogens is 468 g/mol. The zero-order valence-corrected chi connectivity index (χ0v) is 24.4. The minimum Gasteiger partial charge on any atom is -0.469 e. The number of aliphatic hydroxyl groups excluding tert-OH is 1. The van der Waals surface area contributed by atoms with Gasteiger partial charge in [0.2, 0.25) is 0 Å². The third-order valence-corrected chi connectivity index (χ3v) is 5.72. The van der Waals surface area contributed by atoms with Gasteiger partial charge in [-0.2, -0.15) is 0 Å². The molecule has 0 aromatic carbocycles. The Bertz CT molecular complexity index is 691. The van der Waals surface area contributed by atoms with Gasteiger partial charge in [0.05, 0.1) is 30.0 Å². The Morgan fingerprint density at radius 1 is 0.667 bits per heavy atom. The van der Waals surface area contributed by atoms with Gasteiger partial charge in [0.15, 0.2) is 0 Å². The van der Waals surface area contributed by atoms with Crippen molar-refractivity contribution < 1.29 is 43.2 Å². The van der Waals surface area contributed by atoms with Gasteiger partial charge in [-0.15, -0.1) is 0 Å². The minimum absolute atomic E-state index is 0.0667. The average molecular weight is 519 g/mol. The first-order valence-corrected chi connectivity index (χ1v) is 12.3. The monoisotopic (exact) mass is 518 g/mol. The SMILES string of the molecule is C=C(C)C(=O)OCCOC(=O)C(C)(C)CC.CCC(C)(C)C(=O)OC.CCC(C)(C)C(=O)OCCO. The van der Waals surface area contributed by atoms with Crippen LogP contribution in [0, 0.1) is 16.2 Å². The van der Waals surface area contributed by atoms with Crippen molar-refractivity contribution in [2.75, 3.05) is 33.5 Å². The number of hydrogen-bond acceptors (Lipinski definition) is 9. The number of carbonyl (C=O) groups excluding carboxylic acids is 4. The first kappa shape index (κ1) is 38.1. The molecule has 0 unspecified atom stereocenters. The molecule has 0 amide bonds. The maximum atomic E-state index is 11.5. The molecule has 0 aromatic rings. The van der Waals surface area contributed by atoms with Crippen molar-refractivity contribution in [1.82, 2.24) is 0 Å². The summed E-state index contributed by atoms with van der Waals surface area (Å²) in [7, 11) is 1.42. The van der Waals surface area contributed by atoms with Gasteiger partial charge in [-0.05, 0) is 67.7 Å². The average Bonchev–Trinajstić information content (AvgIpc) is 2.84. The van der Waals surface area contributed by atoms with E-state index in [1.165, 1.54) is 7.11 Å². The van der Waals surface area contributed by atoms with Crippen LogP contribution in [-0.2, 0) is 38.1 Å². The van der Waals surface area contributed by atoms with Gasteiger partial charge in [-0.3, -0.25) is 14.4 Å². The van der Waals surface area contributed by atoms with Gasteiger partial charge in [0.25, 0.3) is 0 Å². The van der Waals surface area contributed by atoms with Gasteiger partial charge in [-0.1, -0.05) is 27.4 Å². The molecule has 0 aliphatic heterocycles. The summed E-state index contributed by atoms with van der Waals surface area (Å²) in [5.74, 6) is -1.12. The highest BCUT2D eigenvalue weighted by Gasteiger charge is 2.27. The molecular formula is C27H50O9. The second-order valence-corrected chi connectivity index (χ2v) is 10.1. The Morgan fingerprint density at radius 3 is 1.28 bits per heavy atom. The largest absolute Gasteiger partial charge is 0.469 e. The molecule has 0 aliphatic carbocycles. The lowest BCUT2D eigenvalue weighted by molar-refractivity contribution is -0.158. The fraction of sp³-hybridized carbons (Fsp3) is 0.778. The summed E-state index contributed by atoms with van der Waals surface area (Å²) < 4.78 is 19.1. The van der Waals surface area contributed by atoms with Crippen LogP contribution in [0.25, 0.3) is 0 Å². The Hall–Kier alpha value is -2.42. The first-order valence-electron chi connectivity index (χ1n) is 12.3. The van der Waals surface area contributed by atoms with Gasteiger partial charge < -0.3 is 24.1 Å². The Labute approximate surface area is 217 Å². The number of carbonyl (C=O) groups is 4. The van der Waals surface area contributed by atoms with Crippen molar-refractivity contribution in [3.05, 3.63) is 12.2 Å². The molecule has 0 saturated heterocycles. The molecule has 212 valence electrons. The smallest absolute Gasteiger partial charge is 0.333 e. The highest BCUT2D eigenvalue weighted by Crippen LogP contribution is 2.22. The zero-order chi connectivity index (χ0) is 29.2. The molecule has 0 radical (unpaired) electrons. The molecule has 0 aromatic heterocycles. The minimum atomic E-state index is -0.488. The number of methoxy groups -OCH3 is 1. The third-order valence-electron chi connectivity index (χ3n) is 5.72. The number of hydrogen-bond donors (Lipinski definition) is 1. The van der Waals surface area contributed by atoms with Crippen LogP contribution in [0.15, 0.2) is 12.2 Å². The molecule has 0 aliphatic rings. The molecule has 0 saturated carbocycles. The Balaban J connectivity index is -0.000000477. The Morgan fingerprint density at radius 2 is 1.00 bits per heavy atom. The summed E-state index contributed by atoms with van der Waals surface area (Å²) >= 11 is 0. The highest BCUT2D eigenvalue weighted by atomic mass is 16.6. The molecule has 0 spiro atoms. The third kappa shape index (κ3) is 17.1. The van der Waals surface area contributed by atoms with Crippen LogP contribution in [-0.4, -0.2) is 62.5 Å². The maximum absolute atomic E-state index is 11.5. The van der Waals surface area contributed by atoms with E-state index >= 15 is 0 Å². The van der Waals surface area contributed by atoms with Crippen LogP contribution in [0.4, 0.5) is 0 Å². The summed E-state index contributed by atoms with van der Waals surface area (Å²) in [5, 5.41) is 8.38. The summed E-state index contributed by atoms with van der Waals surface area (Å²) in [4.78, 5) is 44.4.